The Balaban J connectivity index is 1.27. The van der Waals surface area contributed by atoms with Crippen molar-refractivity contribution < 1.29 is 22.7 Å². The summed E-state index contributed by atoms with van der Waals surface area (Å²) in [6, 6.07) is 12.1. The van der Waals surface area contributed by atoms with Crippen LogP contribution in [-0.2, 0) is 21.5 Å². The summed E-state index contributed by atoms with van der Waals surface area (Å²) < 4.78 is 36.5. The fraction of sp³-hybridized carbons (Fsp3) is 0.487. The van der Waals surface area contributed by atoms with Gasteiger partial charge in [-0.25, -0.2) is 4.72 Å². The van der Waals surface area contributed by atoms with Crippen LogP contribution in [0, 0.1) is 11.3 Å². The number of benzene rings is 2. The second-order valence-corrected chi connectivity index (χ2v) is 16.9. The highest BCUT2D eigenvalue weighted by Gasteiger charge is 2.64. The van der Waals surface area contributed by atoms with Crippen molar-refractivity contribution in [1.82, 2.24) is 23.8 Å². The van der Waals surface area contributed by atoms with E-state index in [2.05, 4.69) is 55.9 Å². The second kappa shape index (κ2) is 12.7. The second-order valence-electron chi connectivity index (χ2n) is 15.0. The van der Waals surface area contributed by atoms with Gasteiger partial charge >= 0.3 is 10.2 Å². The maximum absolute atomic E-state index is 15.0. The number of piperazine rings is 1. The number of carbonyl (C=O) groups excluding carboxylic acids is 2. The Morgan fingerprint density at radius 3 is 2.62 bits per heavy atom. The highest BCUT2D eigenvalue weighted by molar-refractivity contribution is 7.87. The summed E-state index contributed by atoms with van der Waals surface area (Å²) >= 11 is 0. The van der Waals surface area contributed by atoms with Crippen molar-refractivity contribution in [3.05, 3.63) is 77.4 Å². The molecule has 0 spiro atoms. The van der Waals surface area contributed by atoms with Crippen molar-refractivity contribution in [1.29, 1.82) is 0 Å². The number of allylic oxidation sites excluding steroid dienone is 3. The zero-order valence-corrected chi connectivity index (χ0v) is 30.0. The molecule has 1 aromatic heterocycles. The molecule has 4 atom stereocenters. The molecule has 3 fully saturated rings. The van der Waals surface area contributed by atoms with Crippen molar-refractivity contribution in [3.63, 3.8) is 0 Å². The lowest BCUT2D eigenvalue weighted by atomic mass is 9.81. The van der Waals surface area contributed by atoms with E-state index in [1.54, 1.807) is 13.2 Å². The topological polar surface area (TPSA) is 113 Å². The Labute approximate surface area is 294 Å². The number of ether oxygens (including phenoxy) is 1. The molecule has 5 aliphatic rings. The van der Waals surface area contributed by atoms with E-state index in [4.69, 9.17) is 4.74 Å². The van der Waals surface area contributed by atoms with E-state index >= 15 is 0 Å². The van der Waals surface area contributed by atoms with Crippen molar-refractivity contribution in [3.8, 4) is 17.0 Å². The van der Waals surface area contributed by atoms with Gasteiger partial charge in [-0.15, -0.1) is 0 Å². The van der Waals surface area contributed by atoms with E-state index < -0.39 is 21.5 Å². The fourth-order valence-corrected chi connectivity index (χ4v) is 9.69. The minimum Gasteiger partial charge on any atom is -0.497 e. The van der Waals surface area contributed by atoms with Gasteiger partial charge in [0.1, 0.15) is 5.75 Å². The Bertz CT molecular complexity index is 2030. The van der Waals surface area contributed by atoms with E-state index in [9.17, 15) is 18.0 Å². The van der Waals surface area contributed by atoms with Gasteiger partial charge in [0.15, 0.2) is 0 Å². The number of carbonyl (C=O) groups is 2. The molecule has 2 aliphatic heterocycles. The molecule has 3 aromatic rings. The number of hydrogen-bond acceptors (Lipinski definition) is 6. The Hall–Kier alpha value is -3.93. The predicted molar refractivity (Wildman–Crippen MR) is 194 cm³/mol. The van der Waals surface area contributed by atoms with Crippen LogP contribution in [0.4, 0.5) is 0 Å². The third-order valence-electron chi connectivity index (χ3n) is 11.9. The van der Waals surface area contributed by atoms with Crippen LogP contribution in [0.15, 0.2) is 60.7 Å². The molecular formula is C39H47N5O5S. The lowest BCUT2D eigenvalue weighted by Crippen LogP contribution is -2.57. The molecule has 3 aliphatic carbocycles. The minimum absolute atomic E-state index is 0.0387. The Morgan fingerprint density at radius 2 is 1.88 bits per heavy atom. The fourth-order valence-electron chi connectivity index (χ4n) is 9.15. The molecule has 2 N–H and O–H groups in total. The molecule has 2 amide bonds. The highest BCUT2D eigenvalue weighted by atomic mass is 32.2. The quantitative estimate of drug-likeness (QED) is 0.346. The van der Waals surface area contributed by atoms with Crippen LogP contribution in [0.1, 0.15) is 78.3 Å². The monoisotopic (exact) mass is 697 g/mol. The number of nitrogens with one attached hydrogen (secondary N) is 2. The number of fused-ring (bicyclic) bond motifs is 7. The van der Waals surface area contributed by atoms with Gasteiger partial charge in [0.2, 0.25) is 5.91 Å². The van der Waals surface area contributed by atoms with Crippen LogP contribution < -0.4 is 14.8 Å². The molecule has 10 nitrogen and oxygen atoms in total. The Morgan fingerprint density at radius 1 is 1.06 bits per heavy atom. The van der Waals surface area contributed by atoms with Gasteiger partial charge in [0.05, 0.1) is 18.2 Å². The van der Waals surface area contributed by atoms with Crippen LogP contribution in [0.25, 0.3) is 22.2 Å². The molecular weight excluding hydrogens is 651 g/mol. The van der Waals surface area contributed by atoms with Gasteiger partial charge in [0.25, 0.3) is 5.91 Å². The first-order valence-corrected chi connectivity index (χ1v) is 19.5. The Kier molecular flexibility index (Phi) is 8.43. The molecule has 2 aromatic carbocycles. The number of methoxy groups -OCH3 is 1. The van der Waals surface area contributed by atoms with Crippen LogP contribution >= 0.6 is 0 Å². The molecule has 8 rings (SSSR count). The number of nitrogens with zero attached hydrogens (tertiary/aromatic N) is 3. The van der Waals surface area contributed by atoms with Gasteiger partial charge in [-0.2, -0.15) is 12.7 Å². The lowest BCUT2D eigenvalue weighted by molar-refractivity contribution is -0.139. The zero-order valence-electron chi connectivity index (χ0n) is 29.2. The first kappa shape index (κ1) is 33.2. The van der Waals surface area contributed by atoms with Crippen molar-refractivity contribution in [2.24, 2.45) is 11.3 Å². The summed E-state index contributed by atoms with van der Waals surface area (Å²) in [4.78, 5) is 30.5. The molecule has 0 bridgehead atoms. The SMILES string of the molecule is COc1ccc2c(c1)C1CC1(C(=O)N1CCNC(C3C=CC=CC3)C1)Cn1c-2c(C2CCCCC2)c2ccc(C(=O)NS(=O)(=O)N(C)C)cc21. The molecule has 264 valence electrons. The third-order valence-corrected chi connectivity index (χ3v) is 13.3. The summed E-state index contributed by atoms with van der Waals surface area (Å²) in [7, 11) is 0.490. The largest absolute Gasteiger partial charge is 0.497 e. The molecule has 3 heterocycles. The molecule has 0 radical (unpaired) electrons. The van der Waals surface area contributed by atoms with E-state index in [0.717, 1.165) is 82.8 Å². The van der Waals surface area contributed by atoms with Crippen LogP contribution in [0.2, 0.25) is 0 Å². The summed E-state index contributed by atoms with van der Waals surface area (Å²) in [6.07, 6.45) is 16.1. The lowest BCUT2D eigenvalue weighted by Gasteiger charge is -2.39. The average Bonchev–Trinajstić information content (AvgIpc) is 3.81. The standard InChI is InChI=1S/C39H47N5O5S/c1-42(2)50(47,48)41-37(45)27-14-16-30-34(20-27)44-24-39(38(46)43-19-18-40-33(23-43)25-10-6-4-7-11-25)22-32(39)31-21-28(49-3)15-17-29(31)36(44)35(30)26-12-8-5-9-13-26/h4,6-7,10,14-17,20-21,25-26,32-33,40H,5,8-9,11-13,18-19,22-24H2,1-3H3,(H,41,45). The maximum Gasteiger partial charge on any atom is 0.303 e. The van der Waals surface area contributed by atoms with E-state index in [-0.39, 0.29) is 23.4 Å². The molecule has 11 heteroatoms. The smallest absolute Gasteiger partial charge is 0.303 e. The summed E-state index contributed by atoms with van der Waals surface area (Å²) in [5, 5.41) is 4.75. The summed E-state index contributed by atoms with van der Waals surface area (Å²) in [6.45, 7) is 2.58. The molecule has 4 unspecified atom stereocenters. The average molecular weight is 698 g/mol. The maximum atomic E-state index is 15.0. The predicted octanol–water partition coefficient (Wildman–Crippen LogP) is 5.32. The van der Waals surface area contributed by atoms with Gasteiger partial charge in [-0.1, -0.05) is 49.6 Å². The first-order chi connectivity index (χ1) is 24.1. The van der Waals surface area contributed by atoms with Crippen molar-refractivity contribution >= 4 is 32.9 Å². The highest BCUT2D eigenvalue weighted by Crippen LogP contribution is 2.66. The number of aromatic nitrogens is 1. The van der Waals surface area contributed by atoms with Gasteiger partial charge < -0.3 is 19.5 Å². The van der Waals surface area contributed by atoms with Crippen molar-refractivity contribution in [2.75, 3.05) is 40.8 Å². The van der Waals surface area contributed by atoms with Gasteiger partial charge in [-0.05, 0) is 79.0 Å². The van der Waals surface area contributed by atoms with Crippen LogP contribution in [-0.4, -0.2) is 80.9 Å². The van der Waals surface area contributed by atoms with Gasteiger partial charge in [0, 0.05) is 74.3 Å². The number of hydrogen-bond donors (Lipinski definition) is 2. The van der Waals surface area contributed by atoms with E-state index in [0.29, 0.717) is 31.5 Å². The zero-order chi connectivity index (χ0) is 34.8. The molecule has 50 heavy (non-hydrogen) atoms. The number of rotatable bonds is 7. The van der Waals surface area contributed by atoms with Crippen molar-refractivity contribution in [2.45, 2.75) is 69.4 Å². The molecule has 1 saturated heterocycles. The summed E-state index contributed by atoms with van der Waals surface area (Å²) in [5.74, 6) is 1.03. The first-order valence-electron chi connectivity index (χ1n) is 18.1. The normalized spacial score (nSPS) is 26.2. The van der Waals surface area contributed by atoms with E-state index in [1.165, 1.54) is 26.1 Å². The number of amides is 2. The molecule has 2 saturated carbocycles. The summed E-state index contributed by atoms with van der Waals surface area (Å²) in [5.41, 5.74) is 5.18. The minimum atomic E-state index is -3.98. The van der Waals surface area contributed by atoms with Crippen LogP contribution in [0.3, 0.4) is 0 Å². The van der Waals surface area contributed by atoms with Crippen LogP contribution in [0.5, 0.6) is 5.75 Å². The van der Waals surface area contributed by atoms with E-state index in [1.807, 2.05) is 18.2 Å². The van der Waals surface area contributed by atoms with Gasteiger partial charge in [-0.3, -0.25) is 9.59 Å². The third kappa shape index (κ3) is 5.58.